The summed E-state index contributed by atoms with van der Waals surface area (Å²) in [6.07, 6.45) is 3.89. The molecule has 340 valence electrons. The zero-order valence-electron chi connectivity index (χ0n) is 34.8. The van der Waals surface area contributed by atoms with Crippen molar-refractivity contribution in [3.8, 4) is 0 Å². The molecule has 0 fully saturated rings. The third kappa shape index (κ3) is 18.0. The van der Waals surface area contributed by atoms with Gasteiger partial charge in [-0.15, -0.1) is 0 Å². The smallest absolute Gasteiger partial charge is 0.325 e. The maximum absolute atomic E-state index is 13.8. The van der Waals surface area contributed by atoms with Gasteiger partial charge in [0.15, 0.2) is 0 Å². The molecule has 0 saturated heterocycles. The standard InChI is InChI=1S/C39H61N9O11S2/c1-21-13-16-41-30(21)37(56)42-15-9-8-12-26(45-34(53)27(14-17-61-4)44-32(51)25(40)18-24-10-6-5-7-11-24)33(52)47-29(20-60)36(55)46-28(19-49)35(54)48-31(23(3)50)38(57)43-22(2)39(58)59/h5-7,10-11,16,21-23,25-31,49-50,60H,8-9,12-15,17-20,40H2,1-4H3,(H,42,56)(H,43,57)(H,44,51)(H,45,53)(H,46,55)(H,47,52)(H,48,54)(H,58,59)/t21-,22+,23-,25+,26+,27+,28+,29+,30-,31+/m1/s1. The second-order valence-electron chi connectivity index (χ2n) is 14.8. The Bertz CT molecular complexity index is 1670. The first-order valence-electron chi connectivity index (χ1n) is 20.0. The van der Waals surface area contributed by atoms with Crippen molar-refractivity contribution < 1.29 is 53.7 Å². The number of aliphatic carboxylic acids is 1. The van der Waals surface area contributed by atoms with Gasteiger partial charge in [0.2, 0.25) is 41.4 Å². The number of carboxylic acids is 1. The molecule has 61 heavy (non-hydrogen) atoms. The molecular formula is C39H61N9O11S2. The average Bonchev–Trinajstić information content (AvgIpc) is 3.66. The Kier molecular flexibility index (Phi) is 23.4. The second-order valence-corrected chi connectivity index (χ2v) is 16.1. The predicted molar refractivity (Wildman–Crippen MR) is 232 cm³/mol. The highest BCUT2D eigenvalue weighted by molar-refractivity contribution is 7.98. The summed E-state index contributed by atoms with van der Waals surface area (Å²) in [5.74, 6) is -6.60. The summed E-state index contributed by atoms with van der Waals surface area (Å²) in [4.78, 5) is 108. The van der Waals surface area contributed by atoms with Gasteiger partial charge in [0.25, 0.3) is 0 Å². The van der Waals surface area contributed by atoms with Gasteiger partial charge in [0.05, 0.1) is 18.8 Å². The molecule has 12 N–H and O–H groups in total. The van der Waals surface area contributed by atoms with Gasteiger partial charge in [-0.25, -0.2) is 0 Å². The SMILES string of the molecule is CSCC[C@H](NC(=O)[C@@H](N)Cc1ccccc1)C(=O)N[C@@H](CCCCNC(=O)[C@@H]1N=CC[C@H]1C)C(=O)N[C@@H](CS)C(=O)N[C@@H](CO)C(=O)N[C@H](C(=O)N[C@@H](C)C(=O)O)[C@@H](C)O. The van der Waals surface area contributed by atoms with Crippen LogP contribution >= 0.6 is 24.4 Å². The van der Waals surface area contributed by atoms with Gasteiger partial charge in [-0.3, -0.25) is 43.3 Å². The number of aliphatic hydroxyl groups excluding tert-OH is 2. The Morgan fingerprint density at radius 3 is 1.95 bits per heavy atom. The molecule has 0 radical (unpaired) electrons. The lowest BCUT2D eigenvalue weighted by Crippen LogP contribution is -2.61. The Hall–Kier alpha value is -4.77. The van der Waals surface area contributed by atoms with E-state index in [1.54, 1.807) is 6.21 Å². The van der Waals surface area contributed by atoms with Crippen molar-refractivity contribution in [2.24, 2.45) is 16.6 Å². The molecule has 0 aromatic heterocycles. The normalized spacial score (nSPS) is 18.4. The number of thiol groups is 1. The molecule has 20 nitrogen and oxygen atoms in total. The highest BCUT2D eigenvalue weighted by Crippen LogP contribution is 2.17. The fraction of sp³-hybridized carbons (Fsp3) is 0.615. The number of thioether (sulfide) groups is 1. The zero-order valence-corrected chi connectivity index (χ0v) is 36.5. The molecule has 1 aromatic carbocycles. The molecule has 1 aliphatic rings. The van der Waals surface area contributed by atoms with Crippen LogP contribution in [0.4, 0.5) is 0 Å². The van der Waals surface area contributed by atoms with E-state index in [1.165, 1.54) is 18.7 Å². The lowest BCUT2D eigenvalue weighted by molar-refractivity contribution is -0.142. The number of nitrogens with zero attached hydrogens (tertiary/aromatic N) is 1. The largest absolute Gasteiger partial charge is 0.480 e. The maximum Gasteiger partial charge on any atom is 0.325 e. The van der Waals surface area contributed by atoms with Crippen molar-refractivity contribution in [2.75, 3.05) is 30.9 Å². The molecule has 1 heterocycles. The number of unbranched alkanes of at least 4 members (excludes halogenated alkanes) is 1. The van der Waals surface area contributed by atoms with Gasteiger partial charge >= 0.3 is 5.97 Å². The third-order valence-electron chi connectivity index (χ3n) is 9.70. The number of carboxylic acid groups (broad SMARTS) is 1. The van der Waals surface area contributed by atoms with Gasteiger partial charge in [0, 0.05) is 18.5 Å². The molecule has 0 spiro atoms. The minimum Gasteiger partial charge on any atom is -0.480 e. The van der Waals surface area contributed by atoms with Crippen molar-refractivity contribution >= 4 is 77.9 Å². The fourth-order valence-electron chi connectivity index (χ4n) is 5.97. The first-order valence-corrected chi connectivity index (χ1v) is 22.0. The Morgan fingerprint density at radius 2 is 1.39 bits per heavy atom. The van der Waals surface area contributed by atoms with Crippen molar-refractivity contribution in [1.29, 1.82) is 0 Å². The van der Waals surface area contributed by atoms with Crippen LogP contribution in [0, 0.1) is 5.92 Å². The van der Waals surface area contributed by atoms with Crippen molar-refractivity contribution in [3.05, 3.63) is 35.9 Å². The van der Waals surface area contributed by atoms with Gasteiger partial charge in [0.1, 0.15) is 42.3 Å². The summed E-state index contributed by atoms with van der Waals surface area (Å²) < 4.78 is 0. The molecule has 10 atom stereocenters. The number of aliphatic imine (C=N–C) groups is 1. The summed E-state index contributed by atoms with van der Waals surface area (Å²) in [5.41, 5.74) is 7.01. The van der Waals surface area contributed by atoms with Crippen LogP contribution in [0.3, 0.4) is 0 Å². The molecule has 0 unspecified atom stereocenters. The Balaban J connectivity index is 2.21. The summed E-state index contributed by atoms with van der Waals surface area (Å²) in [6, 6.07) is -0.876. The van der Waals surface area contributed by atoms with E-state index in [-0.39, 0.29) is 43.4 Å². The third-order valence-corrected chi connectivity index (χ3v) is 10.7. The quantitative estimate of drug-likeness (QED) is 0.0319. The molecule has 2 rings (SSSR count). The van der Waals surface area contributed by atoms with Crippen LogP contribution in [0.15, 0.2) is 35.3 Å². The number of nitrogens with two attached hydrogens (primary N) is 1. The Labute approximate surface area is 365 Å². The summed E-state index contributed by atoms with van der Waals surface area (Å²) in [5, 5.41) is 46.5. The lowest BCUT2D eigenvalue weighted by Gasteiger charge is -2.27. The van der Waals surface area contributed by atoms with E-state index in [0.717, 1.165) is 12.5 Å². The molecule has 1 aliphatic heterocycles. The lowest BCUT2D eigenvalue weighted by atomic mass is 10.0. The number of carbonyl (C=O) groups is 8. The monoisotopic (exact) mass is 895 g/mol. The molecule has 0 bridgehead atoms. The van der Waals surface area contributed by atoms with Gasteiger partial charge in [-0.1, -0.05) is 37.3 Å². The fourth-order valence-corrected chi connectivity index (χ4v) is 6.70. The summed E-state index contributed by atoms with van der Waals surface area (Å²) in [6.45, 7) is 3.52. The summed E-state index contributed by atoms with van der Waals surface area (Å²) in [7, 11) is 0. The van der Waals surface area contributed by atoms with E-state index in [2.05, 4.69) is 54.8 Å². The summed E-state index contributed by atoms with van der Waals surface area (Å²) >= 11 is 5.62. The van der Waals surface area contributed by atoms with E-state index in [4.69, 9.17) is 10.8 Å². The number of benzene rings is 1. The molecule has 0 saturated carbocycles. The number of rotatable bonds is 27. The van der Waals surface area contributed by atoms with Crippen LogP contribution < -0.4 is 43.0 Å². The van der Waals surface area contributed by atoms with Gasteiger partial charge < -0.3 is 58.3 Å². The molecule has 0 aliphatic carbocycles. The number of amides is 7. The van der Waals surface area contributed by atoms with Crippen LogP contribution in [0.25, 0.3) is 0 Å². The van der Waals surface area contributed by atoms with Crippen LogP contribution in [-0.2, 0) is 44.8 Å². The highest BCUT2D eigenvalue weighted by Gasteiger charge is 2.34. The Morgan fingerprint density at radius 1 is 0.820 bits per heavy atom. The maximum atomic E-state index is 13.8. The molecule has 22 heteroatoms. The van der Waals surface area contributed by atoms with Crippen LogP contribution in [0.1, 0.15) is 58.4 Å². The zero-order chi connectivity index (χ0) is 45.6. The minimum absolute atomic E-state index is 0.0357. The van der Waals surface area contributed by atoms with Gasteiger partial charge in [-0.05, 0) is 75.9 Å². The number of nitrogens with one attached hydrogen (secondary N) is 7. The van der Waals surface area contributed by atoms with E-state index < -0.39 is 102 Å². The van der Waals surface area contributed by atoms with E-state index in [1.807, 2.05) is 43.5 Å². The predicted octanol–water partition coefficient (Wildman–Crippen LogP) is -2.61. The highest BCUT2D eigenvalue weighted by atomic mass is 32.2. The number of hydrogen-bond donors (Lipinski definition) is 12. The number of hydrogen-bond acceptors (Lipinski definition) is 14. The van der Waals surface area contributed by atoms with Crippen molar-refractivity contribution in [2.45, 2.75) is 114 Å². The topological polar surface area (TPSA) is 320 Å². The first kappa shape index (κ1) is 52.4. The van der Waals surface area contributed by atoms with E-state index >= 15 is 0 Å². The number of carbonyl (C=O) groups excluding carboxylic acids is 7. The van der Waals surface area contributed by atoms with Crippen LogP contribution in [-0.4, -0.2) is 154 Å². The van der Waals surface area contributed by atoms with Gasteiger partial charge in [-0.2, -0.15) is 24.4 Å². The second kappa shape index (κ2) is 27.2. The minimum atomic E-state index is -1.70. The average molecular weight is 896 g/mol. The van der Waals surface area contributed by atoms with E-state index in [0.29, 0.717) is 25.0 Å². The van der Waals surface area contributed by atoms with Crippen molar-refractivity contribution in [1.82, 2.24) is 37.2 Å². The number of aliphatic hydroxyl groups is 2. The molecule has 1 aromatic rings. The van der Waals surface area contributed by atoms with E-state index in [9.17, 15) is 48.6 Å². The van der Waals surface area contributed by atoms with Crippen LogP contribution in [0.5, 0.6) is 0 Å². The molecule has 7 amide bonds. The van der Waals surface area contributed by atoms with Crippen molar-refractivity contribution in [3.63, 3.8) is 0 Å². The first-order chi connectivity index (χ1) is 28.9. The molecular weight excluding hydrogens is 835 g/mol. The van der Waals surface area contributed by atoms with Crippen LogP contribution in [0.2, 0.25) is 0 Å².